The van der Waals surface area contributed by atoms with E-state index in [0.29, 0.717) is 18.1 Å². The number of nitrogens with one attached hydrogen (secondary N) is 1. The predicted octanol–water partition coefficient (Wildman–Crippen LogP) is 2.57. The highest BCUT2D eigenvalue weighted by atomic mass is 32.2. The maximum atomic E-state index is 12.0. The maximum absolute atomic E-state index is 12.0. The zero-order valence-corrected chi connectivity index (χ0v) is 16.1. The molecule has 27 heavy (non-hydrogen) atoms. The Labute approximate surface area is 162 Å². The molecule has 0 aliphatic rings. The van der Waals surface area contributed by atoms with Gasteiger partial charge in [0.1, 0.15) is 12.3 Å². The number of aryl methyl sites for hydroxylation is 1. The van der Waals surface area contributed by atoms with Crippen LogP contribution in [-0.4, -0.2) is 45.5 Å². The van der Waals surface area contributed by atoms with Crippen molar-refractivity contribution >= 4 is 17.7 Å². The molecule has 0 spiro atoms. The number of nitrogens with zero attached hydrogens (tertiary/aromatic N) is 4. The molecule has 0 saturated heterocycles. The zero-order valence-electron chi connectivity index (χ0n) is 15.3. The van der Waals surface area contributed by atoms with E-state index in [4.69, 9.17) is 4.74 Å². The van der Waals surface area contributed by atoms with E-state index in [1.165, 1.54) is 15.3 Å². The van der Waals surface area contributed by atoms with Crippen molar-refractivity contribution in [2.75, 3.05) is 19.4 Å². The molecule has 0 saturated carbocycles. The molecule has 1 heterocycles. The second kappa shape index (κ2) is 9.18. The molecule has 3 rings (SSSR count). The third-order valence-electron chi connectivity index (χ3n) is 3.78. The van der Waals surface area contributed by atoms with Crippen LogP contribution in [0.4, 0.5) is 0 Å². The van der Waals surface area contributed by atoms with Crippen LogP contribution in [0.5, 0.6) is 5.75 Å². The number of amides is 1. The van der Waals surface area contributed by atoms with Gasteiger partial charge < -0.3 is 10.1 Å². The number of benzene rings is 2. The minimum Gasteiger partial charge on any atom is -0.497 e. The van der Waals surface area contributed by atoms with Crippen LogP contribution in [0.1, 0.15) is 5.56 Å². The van der Waals surface area contributed by atoms with Crippen molar-refractivity contribution in [2.45, 2.75) is 18.4 Å². The van der Waals surface area contributed by atoms with Crippen LogP contribution >= 0.6 is 11.8 Å². The van der Waals surface area contributed by atoms with Crippen LogP contribution in [0.2, 0.25) is 0 Å². The van der Waals surface area contributed by atoms with Crippen LogP contribution in [0.25, 0.3) is 11.4 Å². The first-order valence-electron chi connectivity index (χ1n) is 8.52. The molecule has 0 atom stereocenters. The summed E-state index contributed by atoms with van der Waals surface area (Å²) in [6.07, 6.45) is 0. The Balaban J connectivity index is 1.45. The molecule has 0 radical (unpaired) electrons. The molecule has 0 aliphatic carbocycles. The van der Waals surface area contributed by atoms with Gasteiger partial charge in [0.15, 0.2) is 0 Å². The molecule has 0 aliphatic heterocycles. The second-order valence-electron chi connectivity index (χ2n) is 5.89. The van der Waals surface area contributed by atoms with Crippen molar-refractivity contribution in [1.29, 1.82) is 0 Å². The summed E-state index contributed by atoms with van der Waals surface area (Å²) < 4.78 is 5.19. The van der Waals surface area contributed by atoms with Gasteiger partial charge in [-0.1, -0.05) is 29.8 Å². The summed E-state index contributed by atoms with van der Waals surface area (Å²) in [5.74, 6) is 1.83. The van der Waals surface area contributed by atoms with Gasteiger partial charge in [-0.05, 0) is 36.4 Å². The fourth-order valence-corrected chi connectivity index (χ4v) is 3.13. The summed E-state index contributed by atoms with van der Waals surface area (Å²) in [5, 5.41) is 15.1. The highest BCUT2D eigenvalue weighted by Gasteiger charge is 2.09. The molecule has 7 nitrogen and oxygen atoms in total. The van der Waals surface area contributed by atoms with Crippen LogP contribution in [0, 0.1) is 6.92 Å². The van der Waals surface area contributed by atoms with E-state index in [2.05, 4.69) is 51.9 Å². The van der Waals surface area contributed by atoms with E-state index in [1.807, 2.05) is 24.3 Å². The van der Waals surface area contributed by atoms with E-state index in [0.717, 1.165) is 11.3 Å². The monoisotopic (exact) mass is 383 g/mol. The van der Waals surface area contributed by atoms with Crippen LogP contribution in [0.15, 0.2) is 53.4 Å². The number of methoxy groups -OCH3 is 1. The minimum atomic E-state index is -0.144. The van der Waals surface area contributed by atoms with Crippen LogP contribution in [-0.2, 0) is 11.3 Å². The number of aromatic nitrogens is 4. The Morgan fingerprint density at radius 2 is 2.04 bits per heavy atom. The largest absolute Gasteiger partial charge is 0.497 e. The van der Waals surface area contributed by atoms with Crippen LogP contribution < -0.4 is 10.1 Å². The first-order chi connectivity index (χ1) is 13.1. The number of carbonyl (C=O) groups excluding carboxylic acids is 1. The number of hydrogen-bond acceptors (Lipinski definition) is 6. The Bertz CT molecular complexity index is 895. The van der Waals surface area contributed by atoms with E-state index >= 15 is 0 Å². The molecular formula is C19H21N5O2S. The standard InChI is InChI=1S/C19H21N5O2S/c1-14-6-8-17(9-7-14)27-11-10-20-18(25)13-24-22-19(21-23-24)15-4-3-5-16(12-15)26-2/h3-9,12H,10-11,13H2,1-2H3,(H,20,25). The van der Waals surface area contributed by atoms with Gasteiger partial charge in [0.25, 0.3) is 0 Å². The Morgan fingerprint density at radius 1 is 1.22 bits per heavy atom. The van der Waals surface area contributed by atoms with Gasteiger partial charge >= 0.3 is 0 Å². The maximum Gasteiger partial charge on any atom is 0.243 e. The average Bonchev–Trinajstić information content (AvgIpc) is 3.15. The number of carbonyl (C=O) groups is 1. The molecule has 0 fully saturated rings. The van der Waals surface area contributed by atoms with Gasteiger partial charge in [0.05, 0.1) is 7.11 Å². The number of thioether (sulfide) groups is 1. The fraction of sp³-hybridized carbons (Fsp3) is 0.263. The van der Waals surface area contributed by atoms with E-state index in [9.17, 15) is 4.79 Å². The fourth-order valence-electron chi connectivity index (χ4n) is 2.37. The summed E-state index contributed by atoms with van der Waals surface area (Å²) in [7, 11) is 1.60. The van der Waals surface area contributed by atoms with E-state index in [1.54, 1.807) is 18.9 Å². The summed E-state index contributed by atoms with van der Waals surface area (Å²) >= 11 is 1.71. The lowest BCUT2D eigenvalue weighted by Gasteiger charge is -2.05. The van der Waals surface area contributed by atoms with Gasteiger partial charge in [-0.15, -0.1) is 22.0 Å². The van der Waals surface area contributed by atoms with Crippen molar-refractivity contribution in [1.82, 2.24) is 25.5 Å². The molecule has 1 aromatic heterocycles. The third kappa shape index (κ3) is 5.55. The molecule has 1 amide bonds. The van der Waals surface area contributed by atoms with Gasteiger partial charge in [0, 0.05) is 22.8 Å². The van der Waals surface area contributed by atoms with Crippen LogP contribution in [0.3, 0.4) is 0 Å². The van der Waals surface area contributed by atoms with Crippen molar-refractivity contribution in [3.63, 3.8) is 0 Å². The number of ether oxygens (including phenoxy) is 1. The SMILES string of the molecule is COc1cccc(-c2nnn(CC(=O)NCCSc3ccc(C)cc3)n2)c1. The molecule has 0 bridgehead atoms. The van der Waals surface area contributed by atoms with Crippen molar-refractivity contribution < 1.29 is 9.53 Å². The highest BCUT2D eigenvalue weighted by molar-refractivity contribution is 7.99. The van der Waals surface area contributed by atoms with Gasteiger partial charge in [-0.2, -0.15) is 4.80 Å². The smallest absolute Gasteiger partial charge is 0.243 e. The first-order valence-corrected chi connectivity index (χ1v) is 9.51. The molecule has 1 N–H and O–H groups in total. The quantitative estimate of drug-likeness (QED) is 0.476. The third-order valence-corrected chi connectivity index (χ3v) is 4.79. The summed E-state index contributed by atoms with van der Waals surface area (Å²) in [4.78, 5) is 14.5. The zero-order chi connectivity index (χ0) is 19.1. The Morgan fingerprint density at radius 3 is 2.81 bits per heavy atom. The van der Waals surface area contributed by atoms with Gasteiger partial charge in [-0.25, -0.2) is 0 Å². The van der Waals surface area contributed by atoms with E-state index < -0.39 is 0 Å². The summed E-state index contributed by atoms with van der Waals surface area (Å²) in [6, 6.07) is 15.7. The average molecular weight is 383 g/mol. The van der Waals surface area contributed by atoms with E-state index in [-0.39, 0.29) is 12.5 Å². The Kier molecular flexibility index (Phi) is 6.43. The lowest BCUT2D eigenvalue weighted by Crippen LogP contribution is -2.30. The summed E-state index contributed by atoms with van der Waals surface area (Å²) in [5.41, 5.74) is 2.02. The summed E-state index contributed by atoms with van der Waals surface area (Å²) in [6.45, 7) is 2.67. The molecule has 2 aromatic carbocycles. The topological polar surface area (TPSA) is 81.9 Å². The number of tetrazole rings is 1. The first kappa shape index (κ1) is 18.9. The molecule has 0 unspecified atom stereocenters. The lowest BCUT2D eigenvalue weighted by atomic mass is 10.2. The van der Waals surface area contributed by atoms with Gasteiger partial charge in [-0.3, -0.25) is 4.79 Å². The Hall–Kier alpha value is -2.87. The van der Waals surface area contributed by atoms with Crippen molar-refractivity contribution in [3.8, 4) is 17.1 Å². The van der Waals surface area contributed by atoms with Crippen molar-refractivity contribution in [2.24, 2.45) is 0 Å². The van der Waals surface area contributed by atoms with Gasteiger partial charge in [0.2, 0.25) is 11.7 Å². The minimum absolute atomic E-state index is 0.0339. The molecule has 8 heteroatoms. The predicted molar refractivity (Wildman–Crippen MR) is 105 cm³/mol. The number of hydrogen-bond donors (Lipinski definition) is 1. The molecule has 3 aromatic rings. The second-order valence-corrected chi connectivity index (χ2v) is 7.06. The molecular weight excluding hydrogens is 362 g/mol. The normalized spacial score (nSPS) is 10.6. The van der Waals surface area contributed by atoms with Crippen molar-refractivity contribution in [3.05, 3.63) is 54.1 Å². The highest BCUT2D eigenvalue weighted by Crippen LogP contribution is 2.20. The molecule has 140 valence electrons. The lowest BCUT2D eigenvalue weighted by molar-refractivity contribution is -0.121. The number of rotatable bonds is 8.